The third kappa shape index (κ3) is 57.6. The van der Waals surface area contributed by atoms with Gasteiger partial charge in [-0.05, 0) is 89.9 Å². The van der Waals surface area contributed by atoms with E-state index in [-0.39, 0.29) is 31.1 Å². The Kier molecular flexibility index (Phi) is 56.8. The summed E-state index contributed by atoms with van der Waals surface area (Å²) in [6.07, 6.45) is 76.1. The molecule has 0 bridgehead atoms. The predicted molar refractivity (Wildman–Crippen MR) is 307 cm³/mol. The Morgan fingerprint density at radius 2 is 0.549 bits per heavy atom. The zero-order valence-corrected chi connectivity index (χ0v) is 47.0. The van der Waals surface area contributed by atoms with E-state index < -0.39 is 6.10 Å². The van der Waals surface area contributed by atoms with Gasteiger partial charge >= 0.3 is 17.9 Å². The van der Waals surface area contributed by atoms with Gasteiger partial charge in [0.15, 0.2) is 6.10 Å². The van der Waals surface area contributed by atoms with Gasteiger partial charge in [-0.1, -0.05) is 267 Å². The molecule has 0 amide bonds. The second kappa shape index (κ2) is 59.4. The van der Waals surface area contributed by atoms with Crippen LogP contribution in [0, 0.1) is 0 Å². The zero-order chi connectivity index (χ0) is 51.4. The molecule has 0 spiro atoms. The topological polar surface area (TPSA) is 78.9 Å². The number of hydrogen-bond acceptors (Lipinski definition) is 6. The number of carbonyl (C=O) groups excluding carboxylic acids is 3. The molecule has 410 valence electrons. The van der Waals surface area contributed by atoms with Gasteiger partial charge in [0.2, 0.25) is 0 Å². The fourth-order valence-corrected chi connectivity index (χ4v) is 8.64. The number of carbonyl (C=O) groups is 3. The Morgan fingerprint density at radius 3 is 0.887 bits per heavy atom. The molecule has 0 saturated heterocycles. The molecule has 0 fully saturated rings. The monoisotopic (exact) mass is 991 g/mol. The lowest BCUT2D eigenvalue weighted by Crippen LogP contribution is -2.30. The van der Waals surface area contributed by atoms with Crippen LogP contribution in [-0.2, 0) is 28.6 Å². The van der Waals surface area contributed by atoms with E-state index >= 15 is 0 Å². The van der Waals surface area contributed by atoms with Gasteiger partial charge in [-0.15, -0.1) is 0 Å². The van der Waals surface area contributed by atoms with Crippen molar-refractivity contribution in [3.63, 3.8) is 0 Å². The molecule has 0 aliphatic carbocycles. The standard InChI is InChI=1S/C65H114O6/c1-4-7-10-13-16-19-22-25-27-29-31-32-34-36-38-41-43-46-49-52-55-58-64(67)70-61-62(71-65(68)59-56-53-50-47-44-39-24-21-18-15-12-9-6-3)60-69-63(66)57-54-51-48-45-42-40-37-35-33-30-28-26-23-20-17-14-11-8-5-2/h8,11,17,20,25-28,33,35,40,42,62H,4-7,9-10,12-16,18-19,21-24,29-32,34,36-39,41,43-61H2,1-3H3/b11-8-,20-17-,27-25-,28-26-,35-33-,42-40-/t62-/m1/s1. The summed E-state index contributed by atoms with van der Waals surface area (Å²) < 4.78 is 16.9. The van der Waals surface area contributed by atoms with E-state index in [4.69, 9.17) is 14.2 Å². The van der Waals surface area contributed by atoms with E-state index in [9.17, 15) is 14.4 Å². The Hall–Kier alpha value is -3.15. The maximum atomic E-state index is 12.9. The molecule has 0 aliphatic heterocycles. The van der Waals surface area contributed by atoms with E-state index in [0.29, 0.717) is 19.3 Å². The van der Waals surface area contributed by atoms with Gasteiger partial charge in [0.25, 0.3) is 0 Å². The van der Waals surface area contributed by atoms with E-state index in [1.165, 1.54) is 167 Å². The summed E-state index contributed by atoms with van der Waals surface area (Å²) in [5, 5.41) is 0. The van der Waals surface area contributed by atoms with Crippen molar-refractivity contribution in [2.45, 2.75) is 309 Å². The van der Waals surface area contributed by atoms with Crippen LogP contribution in [0.3, 0.4) is 0 Å². The molecule has 0 saturated carbocycles. The number of allylic oxidation sites excluding steroid dienone is 12. The molecule has 1 atom stereocenters. The quantitative estimate of drug-likeness (QED) is 0.0261. The first kappa shape index (κ1) is 67.8. The van der Waals surface area contributed by atoms with Crippen LogP contribution in [0.4, 0.5) is 0 Å². The minimum Gasteiger partial charge on any atom is -0.462 e. The Bertz CT molecular complexity index is 1320. The molecular weight excluding hydrogens is 877 g/mol. The van der Waals surface area contributed by atoms with Gasteiger partial charge in [0.05, 0.1) is 0 Å². The highest BCUT2D eigenvalue weighted by Gasteiger charge is 2.19. The highest BCUT2D eigenvalue weighted by atomic mass is 16.6. The molecule has 0 aromatic heterocycles. The summed E-state index contributed by atoms with van der Waals surface area (Å²) in [7, 11) is 0. The SMILES string of the molecule is CC/C=C\C/C=C\C/C=C\C/C=C\C/C=C\CCCCCC(=O)OC[C@H](COC(=O)CCCCCCCCCCCCC/C=C\CCCCCCCC)OC(=O)CCCCCCCCCCCCCCC. The molecule has 6 nitrogen and oxygen atoms in total. The second-order valence-electron chi connectivity index (χ2n) is 20.2. The van der Waals surface area contributed by atoms with Crippen molar-refractivity contribution in [2.24, 2.45) is 0 Å². The zero-order valence-electron chi connectivity index (χ0n) is 47.0. The van der Waals surface area contributed by atoms with Crippen LogP contribution >= 0.6 is 0 Å². The first-order valence-corrected chi connectivity index (χ1v) is 30.4. The minimum absolute atomic E-state index is 0.0837. The largest absolute Gasteiger partial charge is 0.462 e. The molecular formula is C65H114O6. The van der Waals surface area contributed by atoms with E-state index in [2.05, 4.69) is 93.7 Å². The molecule has 0 N–H and O–H groups in total. The second-order valence-corrected chi connectivity index (χ2v) is 20.2. The lowest BCUT2D eigenvalue weighted by Gasteiger charge is -2.18. The third-order valence-electron chi connectivity index (χ3n) is 13.2. The van der Waals surface area contributed by atoms with Gasteiger partial charge in [-0.2, -0.15) is 0 Å². The number of hydrogen-bond donors (Lipinski definition) is 0. The van der Waals surface area contributed by atoms with Crippen LogP contribution in [-0.4, -0.2) is 37.2 Å². The minimum atomic E-state index is -0.788. The molecule has 0 unspecified atom stereocenters. The Labute approximate surface area is 440 Å². The highest BCUT2D eigenvalue weighted by molar-refractivity contribution is 5.71. The third-order valence-corrected chi connectivity index (χ3v) is 13.2. The van der Waals surface area contributed by atoms with Gasteiger partial charge in [0, 0.05) is 19.3 Å². The van der Waals surface area contributed by atoms with Crippen LogP contribution in [0.1, 0.15) is 303 Å². The summed E-state index contributed by atoms with van der Waals surface area (Å²) in [5.41, 5.74) is 0. The summed E-state index contributed by atoms with van der Waals surface area (Å²) in [6.45, 7) is 6.52. The van der Waals surface area contributed by atoms with Crippen molar-refractivity contribution >= 4 is 17.9 Å². The highest BCUT2D eigenvalue weighted by Crippen LogP contribution is 2.16. The molecule has 6 heteroatoms. The van der Waals surface area contributed by atoms with Crippen LogP contribution in [0.2, 0.25) is 0 Å². The van der Waals surface area contributed by atoms with Crippen molar-refractivity contribution in [3.05, 3.63) is 72.9 Å². The van der Waals surface area contributed by atoms with Crippen molar-refractivity contribution in [2.75, 3.05) is 13.2 Å². The number of rotatable bonds is 55. The summed E-state index contributed by atoms with van der Waals surface area (Å²) in [4.78, 5) is 38.2. The Morgan fingerprint density at radius 1 is 0.296 bits per heavy atom. The summed E-state index contributed by atoms with van der Waals surface area (Å²) in [6, 6.07) is 0. The van der Waals surface area contributed by atoms with Crippen molar-refractivity contribution in [3.8, 4) is 0 Å². The van der Waals surface area contributed by atoms with Gasteiger partial charge in [0.1, 0.15) is 13.2 Å². The average molecular weight is 992 g/mol. The normalized spacial score (nSPS) is 12.5. The molecule has 0 rings (SSSR count). The first-order valence-electron chi connectivity index (χ1n) is 30.4. The maximum absolute atomic E-state index is 12.9. The molecule has 0 aromatic carbocycles. The maximum Gasteiger partial charge on any atom is 0.306 e. The summed E-state index contributed by atoms with van der Waals surface area (Å²) >= 11 is 0. The van der Waals surface area contributed by atoms with Crippen molar-refractivity contribution < 1.29 is 28.6 Å². The number of esters is 3. The van der Waals surface area contributed by atoms with Crippen molar-refractivity contribution in [1.82, 2.24) is 0 Å². The molecule has 71 heavy (non-hydrogen) atoms. The van der Waals surface area contributed by atoms with Crippen LogP contribution in [0.25, 0.3) is 0 Å². The van der Waals surface area contributed by atoms with Crippen LogP contribution < -0.4 is 0 Å². The van der Waals surface area contributed by atoms with Crippen LogP contribution in [0.15, 0.2) is 72.9 Å². The van der Waals surface area contributed by atoms with Crippen LogP contribution in [0.5, 0.6) is 0 Å². The summed E-state index contributed by atoms with van der Waals surface area (Å²) in [5.74, 6) is -0.905. The van der Waals surface area contributed by atoms with Crippen molar-refractivity contribution in [1.29, 1.82) is 0 Å². The lowest BCUT2D eigenvalue weighted by atomic mass is 10.0. The molecule has 0 aliphatic rings. The first-order chi connectivity index (χ1) is 35.0. The Balaban J connectivity index is 4.36. The van der Waals surface area contributed by atoms with E-state index in [0.717, 1.165) is 96.3 Å². The smallest absolute Gasteiger partial charge is 0.306 e. The number of ether oxygens (including phenoxy) is 3. The van der Waals surface area contributed by atoms with Gasteiger partial charge < -0.3 is 14.2 Å². The van der Waals surface area contributed by atoms with Gasteiger partial charge in [-0.25, -0.2) is 0 Å². The van der Waals surface area contributed by atoms with E-state index in [1.807, 2.05) is 0 Å². The molecule has 0 aromatic rings. The fourth-order valence-electron chi connectivity index (χ4n) is 8.64. The molecule has 0 heterocycles. The fraction of sp³-hybridized carbons (Fsp3) is 0.769. The number of unbranched alkanes of at least 4 members (excludes halogenated alkanes) is 32. The lowest BCUT2D eigenvalue weighted by molar-refractivity contribution is -0.167. The van der Waals surface area contributed by atoms with E-state index in [1.54, 1.807) is 0 Å². The molecule has 0 radical (unpaired) electrons. The average Bonchev–Trinajstić information content (AvgIpc) is 3.37. The predicted octanol–water partition coefficient (Wildman–Crippen LogP) is 20.5. The van der Waals surface area contributed by atoms with Gasteiger partial charge in [-0.3, -0.25) is 14.4 Å².